The molecule has 21 heavy (non-hydrogen) atoms. The number of halogens is 3. The van der Waals surface area contributed by atoms with Crippen LogP contribution in [0.2, 0.25) is 0 Å². The number of allylic oxidation sites excluding steroid dienone is 1. The van der Waals surface area contributed by atoms with Crippen LogP contribution in [0.15, 0.2) is 11.6 Å². The van der Waals surface area contributed by atoms with E-state index >= 15 is 0 Å². The van der Waals surface area contributed by atoms with Gasteiger partial charge in [-0.3, -0.25) is 0 Å². The fraction of sp³-hybridized carbons (Fsp3) is 0.867. The maximum absolute atomic E-state index is 12.6. The van der Waals surface area contributed by atoms with Crippen molar-refractivity contribution in [3.63, 3.8) is 0 Å². The van der Waals surface area contributed by atoms with Crippen molar-refractivity contribution in [2.24, 2.45) is 11.8 Å². The van der Waals surface area contributed by atoms with E-state index in [1.54, 1.807) is 11.8 Å². The van der Waals surface area contributed by atoms with Gasteiger partial charge in [-0.1, -0.05) is 6.08 Å². The van der Waals surface area contributed by atoms with Crippen LogP contribution >= 0.6 is 11.8 Å². The Morgan fingerprint density at radius 1 is 1.10 bits per heavy atom. The highest BCUT2D eigenvalue weighted by molar-refractivity contribution is 7.99. The van der Waals surface area contributed by atoms with E-state index in [1.165, 1.54) is 0 Å². The molecule has 0 aromatic carbocycles. The number of alkyl halides is 3. The minimum atomic E-state index is -4.04. The molecule has 0 unspecified atom stereocenters. The monoisotopic (exact) mass is 324 g/mol. The van der Waals surface area contributed by atoms with Crippen molar-refractivity contribution in [2.75, 3.05) is 19.5 Å². The summed E-state index contributed by atoms with van der Waals surface area (Å²) in [5, 5.41) is 0.372. The molecule has 6 heteroatoms. The van der Waals surface area contributed by atoms with Crippen molar-refractivity contribution >= 4 is 11.8 Å². The summed E-state index contributed by atoms with van der Waals surface area (Å²) in [6.07, 6.45) is 1.39. The molecule has 1 saturated heterocycles. The molecule has 1 aliphatic heterocycles. The predicted octanol–water partition coefficient (Wildman–Crippen LogP) is 4.41. The minimum absolute atomic E-state index is 0.217. The largest absolute Gasteiger partial charge is 0.391 e. The molecule has 2 rings (SSSR count). The fourth-order valence-corrected chi connectivity index (χ4v) is 3.38. The van der Waals surface area contributed by atoms with Crippen LogP contribution < -0.4 is 0 Å². The molecule has 2 fully saturated rings. The zero-order chi connectivity index (χ0) is 15.5. The van der Waals surface area contributed by atoms with Crippen LogP contribution in [0.1, 0.15) is 32.6 Å². The Labute approximate surface area is 128 Å². The number of rotatable bonds is 3. The summed E-state index contributed by atoms with van der Waals surface area (Å²) < 4.78 is 49.2. The normalized spacial score (nSPS) is 35.8. The van der Waals surface area contributed by atoms with Gasteiger partial charge in [-0.15, -0.1) is 0 Å². The molecular weight excluding hydrogens is 301 g/mol. The molecule has 0 amide bonds. The van der Waals surface area contributed by atoms with Crippen LogP contribution in [-0.2, 0) is 9.47 Å². The van der Waals surface area contributed by atoms with E-state index in [4.69, 9.17) is 9.47 Å². The van der Waals surface area contributed by atoms with Crippen molar-refractivity contribution in [3.8, 4) is 0 Å². The first-order valence-corrected chi connectivity index (χ1v) is 8.70. The van der Waals surface area contributed by atoms with E-state index in [2.05, 4.69) is 6.08 Å². The van der Waals surface area contributed by atoms with Gasteiger partial charge >= 0.3 is 6.18 Å². The first-order valence-electron chi connectivity index (χ1n) is 7.41. The zero-order valence-corrected chi connectivity index (χ0v) is 13.3. The first-order chi connectivity index (χ1) is 9.90. The van der Waals surface area contributed by atoms with E-state index < -0.39 is 12.1 Å². The average molecular weight is 324 g/mol. The Balaban J connectivity index is 1.81. The van der Waals surface area contributed by atoms with Crippen LogP contribution in [0, 0.1) is 11.8 Å². The van der Waals surface area contributed by atoms with Crippen molar-refractivity contribution in [1.29, 1.82) is 0 Å². The van der Waals surface area contributed by atoms with Crippen LogP contribution in [0.3, 0.4) is 0 Å². The highest BCUT2D eigenvalue weighted by Gasteiger charge is 2.41. The smallest absolute Gasteiger partial charge is 0.347 e. The second-order valence-electron chi connectivity index (χ2n) is 5.92. The van der Waals surface area contributed by atoms with Crippen molar-refractivity contribution in [3.05, 3.63) is 11.6 Å². The van der Waals surface area contributed by atoms with Gasteiger partial charge in [-0.2, -0.15) is 24.9 Å². The second-order valence-corrected chi connectivity index (χ2v) is 7.06. The highest BCUT2D eigenvalue weighted by Crippen LogP contribution is 2.40. The van der Waals surface area contributed by atoms with Gasteiger partial charge in [0.2, 0.25) is 0 Å². The maximum atomic E-state index is 12.6. The lowest BCUT2D eigenvalue weighted by molar-refractivity contribution is -0.183. The lowest BCUT2D eigenvalue weighted by atomic mass is 9.81. The standard InChI is InChI=1S/C15H23F3O2S/c1-10(14-19-8-13(21-2)9-20-14)7-11-3-5-12(6-4-11)15(16,17)18/h7,11-14H,3-6,8-9H2,1-2H3/b10-7+. The lowest BCUT2D eigenvalue weighted by Crippen LogP contribution is -2.34. The molecule has 1 saturated carbocycles. The Kier molecular flexibility index (Phi) is 6.03. The summed E-state index contributed by atoms with van der Waals surface area (Å²) in [7, 11) is 0. The number of ether oxygens (including phenoxy) is 2. The third kappa shape index (κ3) is 4.89. The number of hydrogen-bond acceptors (Lipinski definition) is 3. The van der Waals surface area contributed by atoms with E-state index in [-0.39, 0.29) is 25.0 Å². The van der Waals surface area contributed by atoms with Gasteiger partial charge in [-0.05, 0) is 50.4 Å². The molecule has 122 valence electrons. The molecule has 0 bridgehead atoms. The molecular formula is C15H23F3O2S. The third-order valence-corrected chi connectivity index (χ3v) is 5.24. The summed E-state index contributed by atoms with van der Waals surface area (Å²) in [6, 6.07) is 0. The maximum Gasteiger partial charge on any atom is 0.391 e. The van der Waals surface area contributed by atoms with Crippen LogP contribution in [-0.4, -0.2) is 37.2 Å². The van der Waals surface area contributed by atoms with Crippen molar-refractivity contribution in [1.82, 2.24) is 0 Å². The Bertz CT molecular complexity index is 354. The topological polar surface area (TPSA) is 18.5 Å². The molecule has 2 aliphatic rings. The van der Waals surface area contributed by atoms with Gasteiger partial charge < -0.3 is 9.47 Å². The van der Waals surface area contributed by atoms with Gasteiger partial charge in [0, 0.05) is 0 Å². The molecule has 1 heterocycles. The molecule has 0 aromatic rings. The van der Waals surface area contributed by atoms with Gasteiger partial charge in [0.15, 0.2) is 6.29 Å². The average Bonchev–Trinajstić information content (AvgIpc) is 2.47. The van der Waals surface area contributed by atoms with Crippen LogP contribution in [0.25, 0.3) is 0 Å². The molecule has 2 nitrogen and oxygen atoms in total. The predicted molar refractivity (Wildman–Crippen MR) is 78.3 cm³/mol. The van der Waals surface area contributed by atoms with E-state index in [9.17, 15) is 13.2 Å². The van der Waals surface area contributed by atoms with E-state index in [1.807, 2.05) is 13.2 Å². The van der Waals surface area contributed by atoms with Gasteiger partial charge in [0.1, 0.15) is 0 Å². The Morgan fingerprint density at radius 2 is 1.67 bits per heavy atom. The molecule has 0 atom stereocenters. The molecule has 0 spiro atoms. The lowest BCUT2D eigenvalue weighted by Gasteiger charge is -2.31. The highest BCUT2D eigenvalue weighted by atomic mass is 32.2. The third-order valence-electron chi connectivity index (χ3n) is 4.31. The van der Waals surface area contributed by atoms with E-state index in [0.717, 1.165) is 5.57 Å². The van der Waals surface area contributed by atoms with Gasteiger partial charge in [0.05, 0.1) is 24.4 Å². The van der Waals surface area contributed by atoms with Crippen molar-refractivity contribution in [2.45, 2.75) is 50.3 Å². The Morgan fingerprint density at radius 3 is 2.14 bits per heavy atom. The second kappa shape index (κ2) is 7.38. The van der Waals surface area contributed by atoms with Gasteiger partial charge in [-0.25, -0.2) is 0 Å². The van der Waals surface area contributed by atoms with Crippen LogP contribution in [0.5, 0.6) is 0 Å². The number of hydrogen-bond donors (Lipinski definition) is 0. The fourth-order valence-electron chi connectivity index (χ4n) is 2.95. The van der Waals surface area contributed by atoms with Gasteiger partial charge in [0.25, 0.3) is 0 Å². The van der Waals surface area contributed by atoms with E-state index in [0.29, 0.717) is 31.3 Å². The molecule has 0 N–H and O–H groups in total. The Hall–Kier alpha value is -0.200. The molecule has 1 aliphatic carbocycles. The van der Waals surface area contributed by atoms with Crippen LogP contribution in [0.4, 0.5) is 13.2 Å². The molecule has 0 radical (unpaired) electrons. The minimum Gasteiger partial charge on any atom is -0.347 e. The molecule has 0 aromatic heterocycles. The zero-order valence-electron chi connectivity index (χ0n) is 12.5. The first kappa shape index (κ1) is 17.2. The number of thioether (sulfide) groups is 1. The summed E-state index contributed by atoms with van der Waals surface area (Å²) in [6.45, 7) is 3.27. The van der Waals surface area contributed by atoms with Crippen molar-refractivity contribution < 1.29 is 22.6 Å². The summed E-state index contributed by atoms with van der Waals surface area (Å²) in [4.78, 5) is 0. The SMILES string of the molecule is CSC1COC(/C(C)=C/C2CCC(C(F)(F)F)CC2)OC1. The summed E-state index contributed by atoms with van der Waals surface area (Å²) >= 11 is 1.72. The summed E-state index contributed by atoms with van der Waals surface area (Å²) in [5.41, 5.74) is 0.991. The summed E-state index contributed by atoms with van der Waals surface area (Å²) in [5.74, 6) is -0.902. The quantitative estimate of drug-likeness (QED) is 0.717.